The van der Waals surface area contributed by atoms with E-state index in [9.17, 15) is 28.2 Å². The van der Waals surface area contributed by atoms with Crippen molar-refractivity contribution in [2.75, 3.05) is 6.61 Å². The van der Waals surface area contributed by atoms with Gasteiger partial charge in [0.15, 0.2) is 0 Å². The first-order chi connectivity index (χ1) is 14.2. The van der Waals surface area contributed by atoms with Gasteiger partial charge in [-0.25, -0.2) is 0 Å². The minimum atomic E-state index is -4.47. The number of carboxylic acid groups (broad SMARTS) is 1. The monoisotopic (exact) mass is 426 g/mol. The number of allylic oxidation sites excluding steroid dienone is 3. The summed E-state index contributed by atoms with van der Waals surface area (Å²) in [6.45, 7) is -0.228. The fraction of sp³-hybridized carbons (Fsp3) is 0.409. The fourth-order valence-electron chi connectivity index (χ4n) is 3.09. The van der Waals surface area contributed by atoms with Gasteiger partial charge in [-0.05, 0) is 37.0 Å². The van der Waals surface area contributed by atoms with E-state index in [1.165, 1.54) is 18.2 Å². The van der Waals surface area contributed by atoms with Crippen molar-refractivity contribution in [2.24, 2.45) is 11.8 Å². The highest BCUT2D eigenvalue weighted by Crippen LogP contribution is 2.32. The number of aliphatic hydroxyl groups is 2. The van der Waals surface area contributed by atoms with E-state index in [0.717, 1.165) is 12.1 Å². The highest BCUT2D eigenvalue weighted by Gasteiger charge is 2.30. The molecule has 0 spiro atoms. The van der Waals surface area contributed by atoms with Crippen LogP contribution in [0.4, 0.5) is 13.2 Å². The summed E-state index contributed by atoms with van der Waals surface area (Å²) >= 11 is 0. The van der Waals surface area contributed by atoms with Crippen LogP contribution in [0.3, 0.4) is 0 Å². The maximum atomic E-state index is 12.7. The topological polar surface area (TPSA) is 87.0 Å². The molecule has 1 aromatic carbocycles. The summed E-state index contributed by atoms with van der Waals surface area (Å²) in [5, 5.41) is 28.8. The Morgan fingerprint density at radius 3 is 2.70 bits per heavy atom. The molecule has 1 aliphatic rings. The number of carboxylic acids is 1. The Morgan fingerprint density at radius 1 is 1.23 bits per heavy atom. The second-order valence-electron chi connectivity index (χ2n) is 7.05. The molecule has 4 atom stereocenters. The molecule has 0 radical (unpaired) electrons. The average Bonchev–Trinajstić information content (AvgIpc) is 3.03. The quantitative estimate of drug-likeness (QED) is 0.493. The molecular formula is C22H25F3O5. The van der Waals surface area contributed by atoms with Crippen molar-refractivity contribution in [3.63, 3.8) is 0 Å². The first-order valence-electron chi connectivity index (χ1n) is 9.56. The molecule has 0 aliphatic heterocycles. The summed E-state index contributed by atoms with van der Waals surface area (Å²) in [5.74, 6) is -1.13. The Morgan fingerprint density at radius 2 is 2.00 bits per heavy atom. The molecule has 164 valence electrons. The molecule has 30 heavy (non-hydrogen) atoms. The van der Waals surface area contributed by atoms with Gasteiger partial charge >= 0.3 is 12.1 Å². The van der Waals surface area contributed by atoms with Crippen molar-refractivity contribution in [1.82, 2.24) is 0 Å². The number of carbonyl (C=O) groups is 1. The lowest BCUT2D eigenvalue weighted by Gasteiger charge is -2.18. The number of alkyl halides is 3. The zero-order chi connectivity index (χ0) is 22.1. The highest BCUT2D eigenvalue weighted by molar-refractivity contribution is 5.66. The van der Waals surface area contributed by atoms with Crippen LogP contribution in [-0.4, -0.2) is 40.1 Å². The summed E-state index contributed by atoms with van der Waals surface area (Å²) in [5.41, 5.74) is -0.829. The van der Waals surface area contributed by atoms with E-state index >= 15 is 0 Å². The molecule has 3 N–H and O–H groups in total. The van der Waals surface area contributed by atoms with Crippen LogP contribution in [0.2, 0.25) is 0 Å². The largest absolute Gasteiger partial charge is 0.491 e. The van der Waals surface area contributed by atoms with Gasteiger partial charge in [0.2, 0.25) is 0 Å². The Labute approximate surface area is 172 Å². The minimum absolute atomic E-state index is 0.00390. The molecule has 5 nitrogen and oxygen atoms in total. The molecule has 0 heterocycles. The van der Waals surface area contributed by atoms with Gasteiger partial charge in [0.05, 0.1) is 11.7 Å². The molecular weight excluding hydrogens is 401 g/mol. The second-order valence-corrected chi connectivity index (χ2v) is 7.05. The predicted octanol–water partition coefficient (Wildman–Crippen LogP) is 3.98. The van der Waals surface area contributed by atoms with Crippen molar-refractivity contribution in [3.8, 4) is 5.75 Å². The van der Waals surface area contributed by atoms with Crippen LogP contribution in [0.15, 0.2) is 60.7 Å². The zero-order valence-corrected chi connectivity index (χ0v) is 16.2. The first kappa shape index (κ1) is 23.7. The number of hydrogen-bond donors (Lipinski definition) is 3. The van der Waals surface area contributed by atoms with Gasteiger partial charge in [-0.3, -0.25) is 4.79 Å². The third-order valence-corrected chi connectivity index (χ3v) is 4.68. The number of rotatable bonds is 10. The molecule has 0 aromatic heterocycles. The van der Waals surface area contributed by atoms with Gasteiger partial charge in [0.1, 0.15) is 18.5 Å². The summed E-state index contributed by atoms with van der Waals surface area (Å²) in [4.78, 5) is 10.5. The van der Waals surface area contributed by atoms with E-state index in [1.54, 1.807) is 18.2 Å². The maximum Gasteiger partial charge on any atom is 0.416 e. The lowest BCUT2D eigenvalue weighted by Crippen LogP contribution is -2.20. The van der Waals surface area contributed by atoms with E-state index in [4.69, 9.17) is 9.84 Å². The van der Waals surface area contributed by atoms with Gasteiger partial charge in [-0.1, -0.05) is 42.5 Å². The SMILES string of the molecule is O=C(O)CCC=CC[C@H]1C=C[C@H](O)[C@@H]1C=CC(O)COc1cccc(C(F)(F)F)c1. The summed E-state index contributed by atoms with van der Waals surface area (Å²) in [7, 11) is 0. The Hall–Kier alpha value is -2.58. The van der Waals surface area contributed by atoms with Crippen LogP contribution in [0.1, 0.15) is 24.8 Å². The van der Waals surface area contributed by atoms with Crippen molar-refractivity contribution >= 4 is 5.97 Å². The van der Waals surface area contributed by atoms with Crippen molar-refractivity contribution < 1.29 is 38.0 Å². The van der Waals surface area contributed by atoms with E-state index < -0.39 is 29.9 Å². The van der Waals surface area contributed by atoms with E-state index in [1.807, 2.05) is 12.2 Å². The molecule has 8 heteroatoms. The maximum absolute atomic E-state index is 12.7. The normalized spacial score (nSPS) is 22.8. The molecule has 1 aliphatic carbocycles. The Balaban J connectivity index is 1.85. The van der Waals surface area contributed by atoms with Crippen LogP contribution < -0.4 is 4.74 Å². The molecule has 2 rings (SSSR count). The van der Waals surface area contributed by atoms with E-state index in [-0.39, 0.29) is 30.6 Å². The van der Waals surface area contributed by atoms with Gasteiger partial charge < -0.3 is 20.1 Å². The van der Waals surface area contributed by atoms with Crippen LogP contribution in [0.25, 0.3) is 0 Å². The summed E-state index contributed by atoms with van der Waals surface area (Å²) in [6, 6.07) is 4.42. The molecule has 1 aromatic rings. The standard InChI is InChI=1S/C22H25F3O5/c23-22(24,25)16-6-4-7-18(13-16)30-14-17(26)10-11-19-15(9-12-20(19)27)5-2-1-3-8-21(28)29/h1-2,4,6-7,9-13,15,17,19-20,26-27H,3,5,8,14H2,(H,28,29)/t15-,17?,19+,20-/m0/s1. The molecule has 0 bridgehead atoms. The lowest BCUT2D eigenvalue weighted by molar-refractivity contribution is -0.138. The number of benzene rings is 1. The van der Waals surface area contributed by atoms with Gasteiger partial charge in [0, 0.05) is 12.3 Å². The van der Waals surface area contributed by atoms with Crippen molar-refractivity contribution in [1.29, 1.82) is 0 Å². The van der Waals surface area contributed by atoms with E-state index in [2.05, 4.69) is 0 Å². The molecule has 0 saturated carbocycles. The molecule has 0 amide bonds. The predicted molar refractivity (Wildman–Crippen MR) is 105 cm³/mol. The summed E-state index contributed by atoms with van der Waals surface area (Å²) < 4.78 is 43.4. The molecule has 1 unspecified atom stereocenters. The van der Waals surface area contributed by atoms with Gasteiger partial charge in [-0.15, -0.1) is 0 Å². The number of aliphatic carboxylic acids is 1. The smallest absolute Gasteiger partial charge is 0.416 e. The van der Waals surface area contributed by atoms with Gasteiger partial charge in [0.25, 0.3) is 0 Å². The van der Waals surface area contributed by atoms with Crippen molar-refractivity contribution in [3.05, 3.63) is 66.3 Å². The Bertz CT molecular complexity index is 785. The second kappa shape index (κ2) is 11.0. The number of aliphatic hydroxyl groups excluding tert-OH is 2. The minimum Gasteiger partial charge on any atom is -0.491 e. The van der Waals surface area contributed by atoms with Crippen LogP contribution in [0, 0.1) is 11.8 Å². The molecule has 0 saturated heterocycles. The third-order valence-electron chi connectivity index (χ3n) is 4.68. The Kier molecular flexibility index (Phi) is 8.68. The van der Waals surface area contributed by atoms with Gasteiger partial charge in [-0.2, -0.15) is 13.2 Å². The van der Waals surface area contributed by atoms with Crippen molar-refractivity contribution in [2.45, 2.75) is 37.6 Å². The third kappa shape index (κ3) is 7.68. The lowest BCUT2D eigenvalue weighted by atomic mass is 9.90. The van der Waals surface area contributed by atoms with Crippen LogP contribution in [0.5, 0.6) is 5.75 Å². The fourth-order valence-corrected chi connectivity index (χ4v) is 3.09. The number of ether oxygens (including phenoxy) is 1. The number of hydrogen-bond acceptors (Lipinski definition) is 4. The first-order valence-corrected chi connectivity index (χ1v) is 9.56. The molecule has 0 fully saturated rings. The van der Waals surface area contributed by atoms with E-state index in [0.29, 0.717) is 12.8 Å². The van der Waals surface area contributed by atoms with Crippen LogP contribution >= 0.6 is 0 Å². The summed E-state index contributed by atoms with van der Waals surface area (Å²) in [6.07, 6.45) is 5.16. The zero-order valence-electron chi connectivity index (χ0n) is 16.2. The average molecular weight is 426 g/mol. The van der Waals surface area contributed by atoms with Crippen LogP contribution in [-0.2, 0) is 11.0 Å². The highest BCUT2D eigenvalue weighted by atomic mass is 19.4. The number of halogens is 3.